The number of nitrogens with zero attached hydrogens (tertiary/aromatic N) is 1. The number of allylic oxidation sites excluding steroid dienone is 16. The Morgan fingerprint density at radius 1 is 0.649 bits per heavy atom. The first-order valence-corrected chi connectivity index (χ1v) is 22.2. The number of phosphoric acid groups is 1. The molecule has 0 heterocycles. The lowest BCUT2D eigenvalue weighted by Gasteiger charge is -2.28. The van der Waals surface area contributed by atoms with Crippen molar-refractivity contribution in [3.05, 3.63) is 109 Å². The molecule has 0 radical (unpaired) electrons. The van der Waals surface area contributed by atoms with Gasteiger partial charge in [-0.1, -0.05) is 123 Å². The first kappa shape index (κ1) is 53.6. The lowest BCUT2D eigenvalue weighted by molar-refractivity contribution is -0.870. The number of ether oxygens (including phenoxy) is 2. The largest absolute Gasteiger partial charge is 0.756 e. The second-order valence-electron chi connectivity index (χ2n) is 14.4. The fourth-order valence-corrected chi connectivity index (χ4v) is 5.37. The van der Waals surface area contributed by atoms with Crippen molar-refractivity contribution >= 4 is 19.8 Å². The van der Waals surface area contributed by atoms with Crippen LogP contribution in [-0.4, -0.2) is 81.2 Å². The zero-order chi connectivity index (χ0) is 42.3. The van der Waals surface area contributed by atoms with E-state index < -0.39 is 38.6 Å². The summed E-state index contributed by atoms with van der Waals surface area (Å²) in [6.07, 6.45) is 45.9. The van der Waals surface area contributed by atoms with E-state index in [4.69, 9.17) is 18.5 Å². The summed E-state index contributed by atoms with van der Waals surface area (Å²) in [5.41, 5.74) is 0. The van der Waals surface area contributed by atoms with Gasteiger partial charge in [0.2, 0.25) is 0 Å². The summed E-state index contributed by atoms with van der Waals surface area (Å²) in [7, 11) is 1.04. The second kappa shape index (κ2) is 36.9. The first-order valence-electron chi connectivity index (χ1n) is 20.7. The molecule has 10 nitrogen and oxygen atoms in total. The number of phosphoric ester groups is 1. The topological polar surface area (TPSA) is 131 Å². The molecule has 3 atom stereocenters. The Morgan fingerprint density at radius 3 is 1.77 bits per heavy atom. The van der Waals surface area contributed by atoms with Gasteiger partial charge < -0.3 is 33.0 Å². The van der Waals surface area contributed by atoms with Crippen molar-refractivity contribution < 1.29 is 47.2 Å². The Bertz CT molecular complexity index is 1350. The highest BCUT2D eigenvalue weighted by Crippen LogP contribution is 2.38. The van der Waals surface area contributed by atoms with Crippen molar-refractivity contribution in [3.63, 3.8) is 0 Å². The van der Waals surface area contributed by atoms with E-state index in [1.165, 1.54) is 0 Å². The fourth-order valence-electron chi connectivity index (χ4n) is 4.64. The maximum absolute atomic E-state index is 12.6. The van der Waals surface area contributed by atoms with E-state index in [1.54, 1.807) is 6.08 Å². The standard InChI is InChI=1S/C46H74NO9P/c1-6-8-10-12-14-15-16-17-18-19-20-21-25-29-33-37-45(49)53-41-44(42-55-57(51,52)54-40-39-47(3,4)5)56-46(50)38-34-30-26-23-22-24-28-32-36-43(48)35-31-27-13-11-9-7-2/h8-11,14-15,17-18,20-21,23-24,26-28,31-32,36,43-44,48H,6-7,12-13,16,19,22,25,29-30,33-35,37-42H2,1-5H3/b10-8-,11-9-,15-14-,18-17-,21-20-,26-23-,28-24-,31-27-,36-32+/t43?,44-/m1/s1. The molecule has 11 heteroatoms. The molecule has 0 fully saturated rings. The number of carbonyl (C=O) groups excluding carboxylic acids is 2. The number of aliphatic hydroxyl groups excluding tert-OH is 1. The predicted molar refractivity (Wildman–Crippen MR) is 232 cm³/mol. The minimum Gasteiger partial charge on any atom is -0.756 e. The number of likely N-dealkylation sites (N-methyl/N-ethyl adjacent to an activating group) is 1. The maximum atomic E-state index is 12.6. The Morgan fingerprint density at radius 2 is 1.18 bits per heavy atom. The molecule has 0 rings (SSSR count). The van der Waals surface area contributed by atoms with Crippen LogP contribution in [0.25, 0.3) is 0 Å². The van der Waals surface area contributed by atoms with Gasteiger partial charge in [0, 0.05) is 12.8 Å². The average molecular weight is 816 g/mol. The highest BCUT2D eigenvalue weighted by molar-refractivity contribution is 7.45. The minimum absolute atomic E-state index is 0.0663. The van der Waals surface area contributed by atoms with Crippen LogP contribution in [-0.2, 0) is 32.7 Å². The van der Waals surface area contributed by atoms with Crippen molar-refractivity contribution in [2.24, 2.45) is 0 Å². The first-order chi connectivity index (χ1) is 27.4. The lowest BCUT2D eigenvalue weighted by Crippen LogP contribution is -2.37. The van der Waals surface area contributed by atoms with Gasteiger partial charge in [-0.05, 0) is 83.5 Å². The van der Waals surface area contributed by atoms with Crippen molar-refractivity contribution in [2.45, 2.75) is 122 Å². The van der Waals surface area contributed by atoms with Crippen LogP contribution >= 0.6 is 7.82 Å². The highest BCUT2D eigenvalue weighted by atomic mass is 31.2. The molecule has 0 spiro atoms. The van der Waals surface area contributed by atoms with E-state index in [0.29, 0.717) is 43.1 Å². The molecule has 0 aromatic rings. The number of hydrogen-bond acceptors (Lipinski definition) is 9. The van der Waals surface area contributed by atoms with Crippen molar-refractivity contribution in [3.8, 4) is 0 Å². The molecule has 0 aliphatic carbocycles. The molecule has 0 aromatic heterocycles. The third-order valence-electron chi connectivity index (χ3n) is 7.87. The molecule has 322 valence electrons. The number of unbranched alkanes of at least 4 members (excludes halogenated alkanes) is 3. The molecule has 57 heavy (non-hydrogen) atoms. The number of esters is 2. The maximum Gasteiger partial charge on any atom is 0.306 e. The summed E-state index contributed by atoms with van der Waals surface area (Å²) in [5.74, 6) is -1.01. The summed E-state index contributed by atoms with van der Waals surface area (Å²) < 4.78 is 33.7. The molecule has 1 N–H and O–H groups in total. The third kappa shape index (κ3) is 40.6. The normalized spacial score (nSPS) is 15.3. The molecule has 0 bridgehead atoms. The summed E-state index contributed by atoms with van der Waals surface area (Å²) in [6.45, 7) is 3.74. The van der Waals surface area contributed by atoms with Gasteiger partial charge in [0.25, 0.3) is 7.82 Å². The van der Waals surface area contributed by atoms with E-state index >= 15 is 0 Å². The van der Waals surface area contributed by atoms with Gasteiger partial charge in [-0.2, -0.15) is 0 Å². The van der Waals surface area contributed by atoms with Crippen molar-refractivity contribution in [1.29, 1.82) is 0 Å². The van der Waals surface area contributed by atoms with Gasteiger partial charge in [-0.25, -0.2) is 0 Å². The van der Waals surface area contributed by atoms with Gasteiger partial charge in [0.15, 0.2) is 6.10 Å². The van der Waals surface area contributed by atoms with Crippen LogP contribution in [0.2, 0.25) is 0 Å². The third-order valence-corrected chi connectivity index (χ3v) is 8.83. The Kier molecular flexibility index (Phi) is 34.8. The molecule has 0 saturated carbocycles. The van der Waals surface area contributed by atoms with E-state index in [9.17, 15) is 24.2 Å². The van der Waals surface area contributed by atoms with Crippen LogP contribution in [0.15, 0.2) is 109 Å². The Hall–Kier alpha value is -3.37. The van der Waals surface area contributed by atoms with Crippen molar-refractivity contribution in [2.75, 3.05) is 47.5 Å². The molecule has 0 aromatic carbocycles. The molecule has 0 amide bonds. The van der Waals surface area contributed by atoms with Gasteiger partial charge in [-0.15, -0.1) is 0 Å². The average Bonchev–Trinajstić information content (AvgIpc) is 3.15. The van der Waals surface area contributed by atoms with E-state index in [0.717, 1.165) is 51.4 Å². The molecule has 0 aliphatic heterocycles. The van der Waals surface area contributed by atoms with Crippen LogP contribution in [0.5, 0.6) is 0 Å². The van der Waals surface area contributed by atoms with Gasteiger partial charge >= 0.3 is 11.9 Å². The molecular weight excluding hydrogens is 741 g/mol. The Labute approximate surface area is 345 Å². The molecule has 2 unspecified atom stereocenters. The van der Waals surface area contributed by atoms with E-state index in [2.05, 4.69) is 74.6 Å². The number of rotatable bonds is 35. The van der Waals surface area contributed by atoms with Crippen LogP contribution in [0.4, 0.5) is 0 Å². The molecule has 0 aliphatic rings. The van der Waals surface area contributed by atoms with Crippen LogP contribution in [0.3, 0.4) is 0 Å². The summed E-state index contributed by atoms with van der Waals surface area (Å²) in [4.78, 5) is 37.4. The zero-order valence-electron chi connectivity index (χ0n) is 35.6. The second-order valence-corrected chi connectivity index (χ2v) is 15.8. The highest BCUT2D eigenvalue weighted by Gasteiger charge is 2.21. The fraction of sp³-hybridized carbons (Fsp3) is 0.565. The smallest absolute Gasteiger partial charge is 0.306 e. The van der Waals surface area contributed by atoms with E-state index in [1.807, 2.05) is 63.7 Å². The van der Waals surface area contributed by atoms with Gasteiger partial charge in [-0.3, -0.25) is 14.2 Å². The zero-order valence-corrected chi connectivity index (χ0v) is 36.5. The number of quaternary nitrogens is 1. The SMILES string of the molecule is CC/C=C\C/C=C\C/C=C\C/C=C\CCCCC(=O)OC[C@H](COP(=O)([O-])OCC[N+](C)(C)C)OC(=O)CCC/C=C\C/C=C\C=C\C(O)C/C=C\C/C=C\CC. The monoisotopic (exact) mass is 816 g/mol. The van der Waals surface area contributed by atoms with E-state index in [-0.39, 0.29) is 26.1 Å². The quantitative estimate of drug-likeness (QED) is 0.0166. The summed E-state index contributed by atoms with van der Waals surface area (Å²) >= 11 is 0. The van der Waals surface area contributed by atoms with Crippen LogP contribution in [0.1, 0.15) is 110 Å². The number of carbonyl (C=O) groups is 2. The summed E-state index contributed by atoms with van der Waals surface area (Å²) in [5, 5.41) is 10.0. The number of aliphatic hydroxyl groups is 1. The molecular formula is C46H74NO9P. The molecule has 0 saturated heterocycles. The van der Waals surface area contributed by atoms with Crippen LogP contribution < -0.4 is 4.89 Å². The predicted octanol–water partition coefficient (Wildman–Crippen LogP) is 9.91. The number of hydrogen-bond donors (Lipinski definition) is 1. The lowest BCUT2D eigenvalue weighted by atomic mass is 10.2. The van der Waals surface area contributed by atoms with Gasteiger partial charge in [0.05, 0.1) is 33.9 Å². The minimum atomic E-state index is -4.67. The van der Waals surface area contributed by atoms with Crippen molar-refractivity contribution in [1.82, 2.24) is 0 Å². The Balaban J connectivity index is 4.66. The van der Waals surface area contributed by atoms with Crippen LogP contribution in [0, 0.1) is 0 Å². The van der Waals surface area contributed by atoms with Gasteiger partial charge in [0.1, 0.15) is 19.8 Å². The summed E-state index contributed by atoms with van der Waals surface area (Å²) in [6, 6.07) is 0.